The summed E-state index contributed by atoms with van der Waals surface area (Å²) in [5, 5.41) is 2.32. The van der Waals surface area contributed by atoms with Gasteiger partial charge >= 0.3 is 5.97 Å². The lowest BCUT2D eigenvalue weighted by Crippen LogP contribution is -2.29. The molecule has 0 aromatic heterocycles. The van der Waals surface area contributed by atoms with Crippen molar-refractivity contribution >= 4 is 30.8 Å². The minimum atomic E-state index is -1.46. The van der Waals surface area contributed by atoms with Crippen LogP contribution >= 0.6 is 11.6 Å². The molecular weight excluding hydrogens is 366 g/mol. The first kappa shape index (κ1) is 21.3. The monoisotopic (exact) mass is 388 g/mol. The van der Waals surface area contributed by atoms with Gasteiger partial charge in [-0.15, -0.1) is 0 Å². The maximum Gasteiger partial charge on any atom is 0.337 e. The number of allylic oxidation sites excluding steroid dienone is 4. The second-order valence-corrected chi connectivity index (χ2v) is 12.5. The number of nitrogens with one attached hydrogen (secondary N) is 1. The third-order valence-corrected chi connectivity index (χ3v) is 6.65. The number of aliphatic imine (C=N–C) groups is 1. The summed E-state index contributed by atoms with van der Waals surface area (Å²) in [7, 11) is -0.302. The van der Waals surface area contributed by atoms with Gasteiger partial charge in [0.05, 0.1) is 26.5 Å². The maximum atomic E-state index is 14.1. The summed E-state index contributed by atoms with van der Waals surface area (Å²) in [5.41, 5.74) is 0.378. The van der Waals surface area contributed by atoms with E-state index in [-0.39, 0.29) is 23.6 Å². The molecule has 1 aliphatic carbocycles. The number of esters is 1. The van der Waals surface area contributed by atoms with Crippen LogP contribution in [0.4, 0.5) is 8.78 Å². The largest absolute Gasteiger partial charge is 0.465 e. The van der Waals surface area contributed by atoms with Gasteiger partial charge in [0.2, 0.25) is 0 Å². The first-order valence-electron chi connectivity index (χ1n) is 7.72. The third-order valence-electron chi connectivity index (χ3n) is 3.73. The van der Waals surface area contributed by atoms with Gasteiger partial charge in [0.15, 0.2) is 11.0 Å². The van der Waals surface area contributed by atoms with Crippen LogP contribution in [0.2, 0.25) is 25.2 Å². The van der Waals surface area contributed by atoms with Crippen LogP contribution in [0.5, 0.6) is 0 Å². The quantitative estimate of drug-likeness (QED) is 0.228. The lowest BCUT2D eigenvalue weighted by Gasteiger charge is -2.28. The van der Waals surface area contributed by atoms with Crippen molar-refractivity contribution < 1.29 is 18.3 Å². The van der Waals surface area contributed by atoms with E-state index in [0.29, 0.717) is 5.70 Å². The van der Waals surface area contributed by atoms with Crippen LogP contribution in [0.3, 0.4) is 0 Å². The zero-order valence-electron chi connectivity index (χ0n) is 14.8. The molecule has 0 aromatic carbocycles. The van der Waals surface area contributed by atoms with Gasteiger partial charge in [-0.3, -0.25) is 0 Å². The summed E-state index contributed by atoms with van der Waals surface area (Å²) in [6.07, 6.45) is 5.01. The summed E-state index contributed by atoms with van der Waals surface area (Å²) < 4.78 is 32.3. The highest BCUT2D eigenvalue weighted by Crippen LogP contribution is 2.34. The van der Waals surface area contributed by atoms with Gasteiger partial charge < -0.3 is 10.1 Å². The van der Waals surface area contributed by atoms with Crippen molar-refractivity contribution in [3.8, 4) is 0 Å². The predicted molar refractivity (Wildman–Crippen MR) is 101 cm³/mol. The molecule has 0 spiro atoms. The van der Waals surface area contributed by atoms with Gasteiger partial charge in [0, 0.05) is 0 Å². The van der Waals surface area contributed by atoms with Gasteiger partial charge in [-0.2, -0.15) is 0 Å². The molecular formula is C17H23ClF2N2O2Si. The van der Waals surface area contributed by atoms with E-state index in [1.807, 2.05) is 0 Å². The molecule has 1 rings (SSSR count). The van der Waals surface area contributed by atoms with Crippen LogP contribution in [0.25, 0.3) is 0 Å². The van der Waals surface area contributed by atoms with E-state index in [0.717, 1.165) is 19.6 Å². The molecule has 0 aromatic rings. The molecule has 0 heterocycles. The Kier molecular flexibility index (Phi) is 7.76. The van der Waals surface area contributed by atoms with Crippen molar-refractivity contribution in [1.29, 1.82) is 0 Å². The lowest BCUT2D eigenvalue weighted by molar-refractivity contribution is -0.135. The molecule has 138 valence electrons. The highest BCUT2D eigenvalue weighted by atomic mass is 35.5. The summed E-state index contributed by atoms with van der Waals surface area (Å²) in [4.78, 5) is 14.9. The second-order valence-electron chi connectivity index (χ2n) is 6.63. The number of ether oxygens (including phenoxy) is 1. The Hall–Kier alpha value is -1.73. The highest BCUT2D eigenvalue weighted by Gasteiger charge is 2.27. The topological polar surface area (TPSA) is 50.7 Å². The van der Waals surface area contributed by atoms with Gasteiger partial charge in [0.1, 0.15) is 12.5 Å². The molecule has 0 amide bonds. The minimum absolute atomic E-state index is 0.102. The van der Waals surface area contributed by atoms with Crippen LogP contribution in [0, 0.1) is 0 Å². The average molecular weight is 389 g/mol. The second kappa shape index (κ2) is 9.10. The Morgan fingerprint density at radius 2 is 2.20 bits per heavy atom. The van der Waals surface area contributed by atoms with Gasteiger partial charge in [0.25, 0.3) is 0 Å². The number of methoxy groups -OCH3 is 1. The van der Waals surface area contributed by atoms with Crippen molar-refractivity contribution in [2.75, 3.05) is 13.8 Å². The smallest absolute Gasteiger partial charge is 0.337 e. The molecule has 8 heteroatoms. The molecule has 4 nitrogen and oxygen atoms in total. The maximum absolute atomic E-state index is 14.1. The normalized spacial score (nSPS) is 19.1. The van der Waals surface area contributed by atoms with Crippen molar-refractivity contribution in [3.63, 3.8) is 0 Å². The van der Waals surface area contributed by atoms with Crippen LogP contribution in [-0.2, 0) is 9.53 Å². The highest BCUT2D eigenvalue weighted by molar-refractivity contribution is 6.78. The fourth-order valence-electron chi connectivity index (χ4n) is 2.11. The first-order chi connectivity index (χ1) is 11.6. The molecule has 0 saturated heterocycles. The average Bonchev–Trinajstić information content (AvgIpc) is 2.54. The number of carbonyl (C=O) groups is 1. The Balaban J connectivity index is 2.65. The van der Waals surface area contributed by atoms with Crippen molar-refractivity contribution in [3.05, 3.63) is 47.7 Å². The van der Waals surface area contributed by atoms with E-state index in [1.165, 1.54) is 0 Å². The molecule has 0 radical (unpaired) electrons. The number of rotatable bonds is 7. The zero-order chi connectivity index (χ0) is 19.2. The molecule has 0 fully saturated rings. The van der Waals surface area contributed by atoms with Crippen molar-refractivity contribution in [2.45, 2.75) is 31.6 Å². The van der Waals surface area contributed by atoms with Crippen LogP contribution in [0.15, 0.2) is 52.7 Å². The minimum Gasteiger partial charge on any atom is -0.465 e. The zero-order valence-corrected chi connectivity index (χ0v) is 16.6. The lowest BCUT2D eigenvalue weighted by atomic mass is 10.1. The summed E-state index contributed by atoms with van der Waals surface area (Å²) in [6, 6.07) is 0. The number of hydrogen-bond acceptors (Lipinski definition) is 4. The Labute approximate surface area is 153 Å². The summed E-state index contributed by atoms with van der Waals surface area (Å²) >= 11 is 5.71. The molecule has 1 aliphatic rings. The van der Waals surface area contributed by atoms with E-state index >= 15 is 0 Å². The SMILES string of the molecule is C=C(/C=C(F)\C(Cl)=N/CNC1=CCC([Si](C)(C)C)C=C1F)C(=O)OC. The molecule has 0 aliphatic heterocycles. The number of nitrogens with zero attached hydrogens (tertiary/aromatic N) is 1. The molecule has 0 saturated carbocycles. The summed E-state index contributed by atoms with van der Waals surface area (Å²) in [6.45, 7) is 9.82. The molecule has 1 N–H and O–H groups in total. The fraction of sp³-hybridized carbons (Fsp3) is 0.412. The number of carbonyl (C=O) groups excluding carboxylic acids is 1. The van der Waals surface area contributed by atoms with Crippen molar-refractivity contribution in [2.24, 2.45) is 4.99 Å². The standard InChI is InChI=1S/C17H23ClF2N2O2Si/c1-11(17(23)24-2)8-14(20)16(18)22-10-21-15-7-6-12(9-13(15)19)25(3,4)5/h7-9,12,21H,1,6,10H2,2-5H3/b14-8+,22-16+. The number of halogens is 3. The van der Waals surface area contributed by atoms with Gasteiger partial charge in [-0.25, -0.2) is 18.6 Å². The molecule has 0 bridgehead atoms. The van der Waals surface area contributed by atoms with E-state index in [4.69, 9.17) is 11.6 Å². The first-order valence-corrected chi connectivity index (χ1v) is 11.7. The molecule has 25 heavy (non-hydrogen) atoms. The molecule has 1 atom stereocenters. The fourth-order valence-corrected chi connectivity index (χ4v) is 3.69. The van der Waals surface area contributed by atoms with Gasteiger partial charge in [-0.1, -0.05) is 43.9 Å². The van der Waals surface area contributed by atoms with Crippen LogP contribution < -0.4 is 5.32 Å². The molecule has 1 unspecified atom stereocenters. The van der Waals surface area contributed by atoms with Crippen LogP contribution in [0.1, 0.15) is 6.42 Å². The van der Waals surface area contributed by atoms with Gasteiger partial charge in [-0.05, 0) is 24.1 Å². The number of hydrogen-bond donors (Lipinski definition) is 1. The predicted octanol–water partition coefficient (Wildman–Crippen LogP) is 4.60. The van der Waals surface area contributed by atoms with Crippen molar-refractivity contribution in [1.82, 2.24) is 5.32 Å². The van der Waals surface area contributed by atoms with E-state index in [1.54, 1.807) is 12.2 Å². The Bertz CT molecular complexity index is 664. The Morgan fingerprint density at radius 3 is 2.72 bits per heavy atom. The Morgan fingerprint density at radius 1 is 1.56 bits per heavy atom. The van der Waals surface area contributed by atoms with E-state index in [9.17, 15) is 13.6 Å². The van der Waals surface area contributed by atoms with E-state index in [2.05, 4.69) is 41.3 Å². The third kappa shape index (κ3) is 6.59. The van der Waals surface area contributed by atoms with E-state index < -0.39 is 25.0 Å². The summed E-state index contributed by atoms with van der Waals surface area (Å²) in [5.74, 6) is -2.03. The van der Waals surface area contributed by atoms with Crippen LogP contribution in [-0.4, -0.2) is 33.0 Å².